The van der Waals surface area contributed by atoms with Crippen molar-refractivity contribution in [3.63, 3.8) is 0 Å². The van der Waals surface area contributed by atoms with Gasteiger partial charge in [0.15, 0.2) is 5.82 Å². The summed E-state index contributed by atoms with van der Waals surface area (Å²) in [6.07, 6.45) is 3.07. The number of halogens is 5. The van der Waals surface area contributed by atoms with E-state index in [2.05, 4.69) is 41.0 Å². The van der Waals surface area contributed by atoms with Crippen molar-refractivity contribution in [1.29, 1.82) is 0 Å². The van der Waals surface area contributed by atoms with E-state index in [4.69, 9.17) is 16.3 Å². The minimum absolute atomic E-state index is 0.0599. The van der Waals surface area contributed by atoms with Crippen LogP contribution in [0.15, 0.2) is 30.5 Å². The first-order valence-corrected chi connectivity index (χ1v) is 20.9. The number of amides is 4. The molecule has 0 aliphatic carbocycles. The van der Waals surface area contributed by atoms with E-state index in [9.17, 15) is 28.0 Å². The van der Waals surface area contributed by atoms with Crippen molar-refractivity contribution < 1.29 is 41.5 Å². The zero-order valence-electron chi connectivity index (χ0n) is 34.9. The first kappa shape index (κ1) is 44.6. The number of likely N-dealkylation sites (tertiary alicyclic amines) is 1. The molecule has 4 N–H and O–H groups in total. The monoisotopic (exact) mass is 887 g/mol. The van der Waals surface area contributed by atoms with E-state index in [0.29, 0.717) is 43.7 Å². The molecule has 21 heteroatoms. The van der Waals surface area contributed by atoms with Crippen LogP contribution in [0, 0.1) is 11.6 Å². The number of imide groups is 1. The van der Waals surface area contributed by atoms with Gasteiger partial charge in [-0.05, 0) is 45.2 Å². The molecule has 4 aliphatic rings. The number of nitrogens with zero attached hydrogens (tertiary/aromatic N) is 7. The van der Waals surface area contributed by atoms with Gasteiger partial charge < -0.3 is 40.3 Å². The number of piperidine rings is 2. The Bertz CT molecular complexity index is 2200. The van der Waals surface area contributed by atoms with Crippen molar-refractivity contribution in [2.75, 3.05) is 98.4 Å². The lowest BCUT2D eigenvalue weighted by molar-refractivity contribution is -0.140. The first-order valence-electron chi connectivity index (χ1n) is 20.5. The smallest absolute Gasteiger partial charge is 0.342 e. The van der Waals surface area contributed by atoms with Crippen LogP contribution in [0.1, 0.15) is 49.9 Å². The average molecular weight is 888 g/mol. The van der Waals surface area contributed by atoms with Gasteiger partial charge in [0.05, 0.1) is 47.5 Å². The van der Waals surface area contributed by atoms with Crippen molar-refractivity contribution in [3.8, 4) is 5.75 Å². The van der Waals surface area contributed by atoms with Crippen molar-refractivity contribution in [3.05, 3.63) is 52.7 Å². The summed E-state index contributed by atoms with van der Waals surface area (Å²) < 4.78 is 65.8. The van der Waals surface area contributed by atoms with E-state index in [0.717, 1.165) is 50.2 Å². The number of aromatic nitrogens is 2. The molecule has 4 amide bonds. The fraction of sp³-hybridized carbons (Fsp3) is 0.512. The van der Waals surface area contributed by atoms with Gasteiger partial charge >= 0.3 is 5.92 Å². The fourth-order valence-corrected chi connectivity index (χ4v) is 8.31. The van der Waals surface area contributed by atoms with Crippen molar-refractivity contribution in [2.45, 2.75) is 63.6 Å². The number of methoxy groups -OCH3 is 1. The molecule has 0 saturated carbocycles. The van der Waals surface area contributed by atoms with E-state index < -0.39 is 53.9 Å². The van der Waals surface area contributed by atoms with Crippen LogP contribution in [-0.4, -0.2) is 141 Å². The highest BCUT2D eigenvalue weighted by atomic mass is 35.5. The minimum atomic E-state index is -3.66. The van der Waals surface area contributed by atoms with Gasteiger partial charge in [-0.25, -0.2) is 13.8 Å². The molecule has 62 heavy (non-hydrogen) atoms. The molecule has 334 valence electrons. The van der Waals surface area contributed by atoms with Gasteiger partial charge in [0.1, 0.15) is 29.1 Å². The zero-order chi connectivity index (χ0) is 44.5. The first-order chi connectivity index (χ1) is 29.5. The maximum atomic E-state index is 15.6. The Kier molecular flexibility index (Phi) is 13.3. The maximum absolute atomic E-state index is 15.6. The van der Waals surface area contributed by atoms with Crippen LogP contribution >= 0.6 is 11.6 Å². The molecule has 1 aromatic heterocycles. The highest BCUT2D eigenvalue weighted by molar-refractivity contribution is 6.33. The number of anilines is 6. The Morgan fingerprint density at radius 1 is 0.952 bits per heavy atom. The zero-order valence-corrected chi connectivity index (χ0v) is 35.6. The topological polar surface area (TPSA) is 168 Å². The second-order valence-electron chi connectivity index (χ2n) is 16.2. The number of hydrogen-bond acceptors (Lipinski definition) is 13. The van der Waals surface area contributed by atoms with Crippen LogP contribution in [0.3, 0.4) is 0 Å². The van der Waals surface area contributed by atoms with Gasteiger partial charge in [-0.15, -0.1) is 0 Å². The Hall–Kier alpha value is -5.47. The minimum Gasteiger partial charge on any atom is -0.495 e. The van der Waals surface area contributed by atoms with Gasteiger partial charge in [0.25, 0.3) is 11.8 Å². The number of fused-ring (bicyclic) bond motifs is 1. The Morgan fingerprint density at radius 2 is 1.63 bits per heavy atom. The Balaban J connectivity index is 0.879. The standard InChI is InChI=1S/C41H50ClF4N11O5/c1-23(2)57-22-41(45,46)39(61)53(3)33-21-47-40(52-36(33)57)50-31-19-27(43)25(17-34(31)62-4)37(59)48-24-7-9-54(10-8-24)11-12-55-13-15-56(16-14-55)32-18-26(42)30(20-28(32)44)49-29-5-6-35(58)51-38(29)60/h17-21,23-24,29,49H,5-16,22H2,1-4H3,(H,48,59)(H,47,50,52)(H,51,58,60). The lowest BCUT2D eigenvalue weighted by atomic mass is 10.0. The second kappa shape index (κ2) is 18.5. The molecule has 5 heterocycles. The van der Waals surface area contributed by atoms with E-state index in [-0.39, 0.29) is 57.8 Å². The summed E-state index contributed by atoms with van der Waals surface area (Å²) >= 11 is 6.50. The summed E-state index contributed by atoms with van der Waals surface area (Å²) in [4.78, 5) is 66.8. The number of hydrogen-bond donors (Lipinski definition) is 4. The predicted octanol–water partition coefficient (Wildman–Crippen LogP) is 4.22. The van der Waals surface area contributed by atoms with Gasteiger partial charge in [0, 0.05) is 90.0 Å². The quantitative estimate of drug-likeness (QED) is 0.151. The third kappa shape index (κ3) is 9.76. The summed E-state index contributed by atoms with van der Waals surface area (Å²) in [5.41, 5.74) is 0.657. The van der Waals surface area contributed by atoms with Crippen LogP contribution < -0.4 is 40.7 Å². The molecule has 1 atom stereocenters. The molecular weight excluding hydrogens is 838 g/mol. The molecule has 4 aliphatic heterocycles. The number of alkyl halides is 2. The molecule has 3 aromatic rings. The molecule has 0 bridgehead atoms. The molecule has 7 rings (SSSR count). The highest BCUT2D eigenvalue weighted by Crippen LogP contribution is 2.38. The Labute approximate surface area is 361 Å². The van der Waals surface area contributed by atoms with E-state index in [1.807, 2.05) is 4.90 Å². The maximum Gasteiger partial charge on any atom is 0.342 e. The summed E-state index contributed by atoms with van der Waals surface area (Å²) in [6, 6.07) is 3.92. The van der Waals surface area contributed by atoms with Crippen molar-refractivity contribution in [2.24, 2.45) is 0 Å². The Morgan fingerprint density at radius 3 is 2.29 bits per heavy atom. The largest absolute Gasteiger partial charge is 0.495 e. The number of carbonyl (C=O) groups is 4. The summed E-state index contributed by atoms with van der Waals surface area (Å²) in [5, 5.41) is 11.3. The van der Waals surface area contributed by atoms with Crippen molar-refractivity contribution >= 4 is 69.7 Å². The molecule has 3 fully saturated rings. The molecule has 0 spiro atoms. The van der Waals surface area contributed by atoms with Gasteiger partial charge in [-0.1, -0.05) is 11.6 Å². The molecule has 1 unspecified atom stereocenters. The van der Waals surface area contributed by atoms with Gasteiger partial charge in [0.2, 0.25) is 17.8 Å². The lowest BCUT2D eigenvalue weighted by Gasteiger charge is -2.38. The van der Waals surface area contributed by atoms with Crippen LogP contribution in [0.25, 0.3) is 0 Å². The van der Waals surface area contributed by atoms with Crippen LogP contribution in [0.4, 0.5) is 52.1 Å². The number of ether oxygens (including phenoxy) is 1. The highest BCUT2D eigenvalue weighted by Gasteiger charge is 2.48. The fourth-order valence-electron chi connectivity index (χ4n) is 8.09. The van der Waals surface area contributed by atoms with Crippen LogP contribution in [0.5, 0.6) is 5.75 Å². The number of nitrogens with one attached hydrogen (secondary N) is 4. The van der Waals surface area contributed by atoms with E-state index in [1.165, 1.54) is 37.4 Å². The van der Waals surface area contributed by atoms with Gasteiger partial charge in [-0.3, -0.25) is 29.4 Å². The van der Waals surface area contributed by atoms with E-state index >= 15 is 8.78 Å². The average Bonchev–Trinajstić information content (AvgIpc) is 3.31. The summed E-state index contributed by atoms with van der Waals surface area (Å²) in [7, 11) is 2.59. The third-order valence-electron chi connectivity index (χ3n) is 11.7. The lowest BCUT2D eigenvalue weighted by Crippen LogP contribution is -2.50. The molecular formula is C41H50ClF4N11O5. The second-order valence-corrected chi connectivity index (χ2v) is 16.6. The molecule has 0 radical (unpaired) electrons. The summed E-state index contributed by atoms with van der Waals surface area (Å²) in [5.74, 6) is -7.56. The predicted molar refractivity (Wildman–Crippen MR) is 226 cm³/mol. The van der Waals surface area contributed by atoms with Crippen LogP contribution in [0.2, 0.25) is 5.02 Å². The number of carbonyl (C=O) groups excluding carboxylic acids is 4. The molecule has 16 nitrogen and oxygen atoms in total. The third-order valence-corrected chi connectivity index (χ3v) is 12.1. The normalized spacial score (nSPS) is 20.2. The summed E-state index contributed by atoms with van der Waals surface area (Å²) in [6.45, 7) is 8.25. The SMILES string of the molecule is COc1cc(C(=O)NC2CCN(CCN3CCN(c4cc(Cl)c(NC5CCC(=O)NC5=O)cc4F)CC3)CC2)c(F)cc1Nc1ncc2c(n1)N(C(C)C)CC(F)(F)C(=O)N2C. The number of rotatable bonds is 12. The number of benzene rings is 2. The van der Waals surface area contributed by atoms with Crippen molar-refractivity contribution in [1.82, 2.24) is 30.4 Å². The molecule has 2 aromatic carbocycles. The van der Waals surface area contributed by atoms with Crippen LogP contribution in [-0.2, 0) is 14.4 Å². The van der Waals surface area contributed by atoms with E-state index in [1.54, 1.807) is 19.9 Å². The molecule has 3 saturated heterocycles. The number of piperazine rings is 1. The van der Waals surface area contributed by atoms with Gasteiger partial charge in [-0.2, -0.15) is 13.8 Å².